The highest BCUT2D eigenvalue weighted by Gasteiger charge is 2.20. The van der Waals surface area contributed by atoms with Gasteiger partial charge in [-0.2, -0.15) is 0 Å². The Labute approximate surface area is 506 Å². The van der Waals surface area contributed by atoms with Crippen LogP contribution in [0.2, 0.25) is 0 Å². The number of allylic oxidation sites excluding steroid dienone is 4. The van der Waals surface area contributed by atoms with Crippen LogP contribution in [0.3, 0.4) is 0 Å². The Kier molecular flexibility index (Phi) is 68.5. The largest absolute Gasteiger partial charge is 0.462 e. The van der Waals surface area contributed by atoms with Gasteiger partial charge in [0.05, 0.1) is 0 Å². The predicted octanol–water partition coefficient (Wildman–Crippen LogP) is 25.3. The van der Waals surface area contributed by atoms with Gasteiger partial charge >= 0.3 is 17.9 Å². The molecule has 0 saturated heterocycles. The van der Waals surface area contributed by atoms with Gasteiger partial charge < -0.3 is 14.2 Å². The molecule has 0 aliphatic heterocycles. The van der Waals surface area contributed by atoms with E-state index in [9.17, 15) is 14.4 Å². The lowest BCUT2D eigenvalue weighted by Crippen LogP contribution is -2.30. The summed E-state index contributed by atoms with van der Waals surface area (Å²) in [6.45, 7) is 6.68. The second kappa shape index (κ2) is 70.4. The third kappa shape index (κ3) is 68.6. The first-order valence-electron chi connectivity index (χ1n) is 36.8. The highest BCUT2D eigenvalue weighted by Crippen LogP contribution is 2.19. The molecule has 0 amide bonds. The van der Waals surface area contributed by atoms with Crippen LogP contribution in [0.5, 0.6) is 0 Å². The molecule has 0 radical (unpaired) electrons. The van der Waals surface area contributed by atoms with Crippen molar-refractivity contribution in [3.63, 3.8) is 0 Å². The van der Waals surface area contributed by atoms with Gasteiger partial charge in [-0.15, -0.1) is 0 Å². The summed E-state index contributed by atoms with van der Waals surface area (Å²) >= 11 is 0. The number of unbranched alkanes of at least 4 members (excludes halogenated alkanes) is 54. The monoisotopic (exact) mass is 1140 g/mol. The maximum atomic E-state index is 12.9. The fourth-order valence-corrected chi connectivity index (χ4v) is 11.4. The molecule has 81 heavy (non-hydrogen) atoms. The minimum absolute atomic E-state index is 0.0650. The fraction of sp³-hybridized carbons (Fsp3) is 0.907. The summed E-state index contributed by atoms with van der Waals surface area (Å²) in [5.41, 5.74) is 0. The van der Waals surface area contributed by atoms with Crippen molar-refractivity contribution in [1.82, 2.24) is 0 Å². The second-order valence-electron chi connectivity index (χ2n) is 25.2. The second-order valence-corrected chi connectivity index (χ2v) is 25.2. The Morgan fingerprint density at radius 3 is 0.679 bits per heavy atom. The fourth-order valence-electron chi connectivity index (χ4n) is 11.4. The van der Waals surface area contributed by atoms with Gasteiger partial charge in [0, 0.05) is 19.3 Å². The van der Waals surface area contributed by atoms with Crippen molar-refractivity contribution in [2.75, 3.05) is 13.2 Å². The summed E-state index contributed by atoms with van der Waals surface area (Å²) < 4.78 is 16.9. The van der Waals surface area contributed by atoms with Gasteiger partial charge in [0.15, 0.2) is 6.10 Å². The Bertz CT molecular complexity index is 1310. The van der Waals surface area contributed by atoms with Crippen molar-refractivity contribution >= 4 is 17.9 Å². The lowest BCUT2D eigenvalue weighted by Gasteiger charge is -2.18. The summed E-state index contributed by atoms with van der Waals surface area (Å²) in [6.07, 6.45) is 86.8. The molecule has 0 aliphatic carbocycles. The van der Waals surface area contributed by atoms with Crippen LogP contribution in [0, 0.1) is 0 Å². The quantitative estimate of drug-likeness (QED) is 0.0261. The molecule has 6 heteroatoms. The van der Waals surface area contributed by atoms with Crippen LogP contribution in [0.25, 0.3) is 0 Å². The molecule has 6 nitrogen and oxygen atoms in total. The van der Waals surface area contributed by atoms with E-state index >= 15 is 0 Å². The van der Waals surface area contributed by atoms with E-state index in [1.165, 1.54) is 315 Å². The molecule has 0 spiro atoms. The number of ether oxygens (including phenoxy) is 3. The Morgan fingerprint density at radius 1 is 0.247 bits per heavy atom. The topological polar surface area (TPSA) is 78.9 Å². The standard InChI is InChI=1S/C75H142O6/c1-4-7-10-13-16-19-21-23-25-27-29-31-33-35-36-37-38-39-41-42-44-46-48-50-52-54-56-59-62-65-68-74(77)80-71-72(70-79-73(76)67-64-61-58-18-15-12-9-6-3)81-75(78)69-66-63-60-57-55-53-51-49-47-45-43-40-34-32-30-28-26-24-22-20-17-14-11-8-5-2/h22,24,28,30,72H,4-21,23,25-27,29,31-71H2,1-3H3/b24-22-,30-28-. The number of rotatable bonds is 69. The third-order valence-corrected chi connectivity index (χ3v) is 17.0. The van der Waals surface area contributed by atoms with Crippen LogP contribution < -0.4 is 0 Å². The predicted molar refractivity (Wildman–Crippen MR) is 353 cm³/mol. The smallest absolute Gasteiger partial charge is 0.306 e. The van der Waals surface area contributed by atoms with Gasteiger partial charge in [-0.25, -0.2) is 0 Å². The van der Waals surface area contributed by atoms with Gasteiger partial charge in [-0.1, -0.05) is 373 Å². The number of carbonyl (C=O) groups is 3. The summed E-state index contributed by atoms with van der Waals surface area (Å²) in [6, 6.07) is 0. The molecule has 478 valence electrons. The molecule has 1 atom stereocenters. The van der Waals surface area contributed by atoms with Gasteiger partial charge in [0.1, 0.15) is 13.2 Å². The zero-order chi connectivity index (χ0) is 58.5. The molecule has 0 heterocycles. The van der Waals surface area contributed by atoms with Crippen LogP contribution in [0.4, 0.5) is 0 Å². The van der Waals surface area contributed by atoms with Crippen LogP contribution in [0.1, 0.15) is 419 Å². The van der Waals surface area contributed by atoms with E-state index in [-0.39, 0.29) is 31.1 Å². The van der Waals surface area contributed by atoms with Crippen molar-refractivity contribution in [2.24, 2.45) is 0 Å². The van der Waals surface area contributed by atoms with Crippen molar-refractivity contribution < 1.29 is 28.6 Å². The van der Waals surface area contributed by atoms with Crippen molar-refractivity contribution in [3.8, 4) is 0 Å². The van der Waals surface area contributed by atoms with Crippen molar-refractivity contribution in [2.45, 2.75) is 425 Å². The van der Waals surface area contributed by atoms with Crippen molar-refractivity contribution in [1.29, 1.82) is 0 Å². The molecule has 0 bridgehead atoms. The molecular weight excluding hydrogens is 997 g/mol. The highest BCUT2D eigenvalue weighted by molar-refractivity contribution is 5.71. The van der Waals surface area contributed by atoms with Gasteiger partial charge in [-0.05, 0) is 51.4 Å². The van der Waals surface area contributed by atoms with E-state index in [4.69, 9.17) is 14.2 Å². The first-order valence-corrected chi connectivity index (χ1v) is 36.8. The number of carbonyl (C=O) groups excluding carboxylic acids is 3. The zero-order valence-electron chi connectivity index (χ0n) is 55.1. The normalized spacial score (nSPS) is 12.1. The minimum atomic E-state index is -0.767. The van der Waals surface area contributed by atoms with E-state index in [1.807, 2.05) is 0 Å². The molecule has 0 fully saturated rings. The highest BCUT2D eigenvalue weighted by atomic mass is 16.6. The van der Waals surface area contributed by atoms with E-state index in [0.29, 0.717) is 19.3 Å². The molecule has 0 saturated carbocycles. The molecule has 1 unspecified atom stereocenters. The number of esters is 3. The van der Waals surface area contributed by atoms with E-state index in [0.717, 1.165) is 64.2 Å². The van der Waals surface area contributed by atoms with Gasteiger partial charge in [-0.3, -0.25) is 14.4 Å². The number of hydrogen-bond acceptors (Lipinski definition) is 6. The molecule has 0 rings (SSSR count). The third-order valence-electron chi connectivity index (χ3n) is 17.0. The maximum absolute atomic E-state index is 12.9. The van der Waals surface area contributed by atoms with Crippen LogP contribution >= 0.6 is 0 Å². The SMILES string of the molecule is CCCCCCC/C=C\C/C=C\CCCCCCCCCCCCCCCC(=O)OC(COC(=O)CCCCCCCCCC)COC(=O)CCCCCCCCCCCCCCCCCCCCCCCCCCCCCCCC. The Morgan fingerprint density at radius 2 is 0.444 bits per heavy atom. The first-order chi connectivity index (χ1) is 40.0. The van der Waals surface area contributed by atoms with Crippen LogP contribution in [-0.4, -0.2) is 37.2 Å². The Hall–Kier alpha value is -2.11. The van der Waals surface area contributed by atoms with E-state index < -0.39 is 6.10 Å². The molecule has 0 aromatic carbocycles. The average Bonchev–Trinajstić information content (AvgIpc) is 3.47. The van der Waals surface area contributed by atoms with Crippen LogP contribution in [-0.2, 0) is 28.6 Å². The average molecular weight is 1140 g/mol. The zero-order valence-corrected chi connectivity index (χ0v) is 55.1. The maximum Gasteiger partial charge on any atom is 0.306 e. The van der Waals surface area contributed by atoms with Crippen LogP contribution in [0.15, 0.2) is 24.3 Å². The van der Waals surface area contributed by atoms with E-state index in [1.54, 1.807) is 0 Å². The lowest BCUT2D eigenvalue weighted by atomic mass is 10.0. The molecule has 0 aliphatic rings. The summed E-state index contributed by atoms with van der Waals surface area (Å²) in [5, 5.41) is 0. The summed E-state index contributed by atoms with van der Waals surface area (Å²) in [5.74, 6) is -0.840. The minimum Gasteiger partial charge on any atom is -0.462 e. The lowest BCUT2D eigenvalue weighted by molar-refractivity contribution is -0.167. The first kappa shape index (κ1) is 78.9. The van der Waals surface area contributed by atoms with Gasteiger partial charge in [0.2, 0.25) is 0 Å². The molecular formula is C75H142O6. The van der Waals surface area contributed by atoms with Gasteiger partial charge in [0.25, 0.3) is 0 Å². The molecule has 0 aromatic rings. The molecule has 0 aromatic heterocycles. The molecule has 0 N–H and O–H groups in total. The van der Waals surface area contributed by atoms with Crippen molar-refractivity contribution in [3.05, 3.63) is 24.3 Å². The Balaban J connectivity index is 4.02. The summed E-state index contributed by atoms with van der Waals surface area (Å²) in [4.78, 5) is 38.3. The number of hydrogen-bond donors (Lipinski definition) is 0. The summed E-state index contributed by atoms with van der Waals surface area (Å²) in [7, 11) is 0. The van der Waals surface area contributed by atoms with E-state index in [2.05, 4.69) is 45.1 Å².